The lowest BCUT2D eigenvalue weighted by atomic mass is 9.86. The number of amides is 1. The highest BCUT2D eigenvalue weighted by Gasteiger charge is 2.39. The van der Waals surface area contributed by atoms with E-state index >= 15 is 0 Å². The summed E-state index contributed by atoms with van der Waals surface area (Å²) < 4.78 is 5.63. The van der Waals surface area contributed by atoms with Crippen LogP contribution >= 0.6 is 11.6 Å². The Labute approximate surface area is 188 Å². The van der Waals surface area contributed by atoms with Gasteiger partial charge in [-0.15, -0.1) is 10.2 Å². The number of ether oxygens (including phenoxy) is 1. The van der Waals surface area contributed by atoms with Gasteiger partial charge >= 0.3 is 0 Å². The molecule has 2 aromatic rings. The highest BCUT2D eigenvalue weighted by atomic mass is 35.5. The predicted molar refractivity (Wildman–Crippen MR) is 119 cm³/mol. The van der Waals surface area contributed by atoms with E-state index in [1.54, 1.807) is 12.1 Å². The number of hydrogen-bond donors (Lipinski definition) is 1. The number of likely N-dealkylation sites (tertiary alicyclic amines) is 1. The van der Waals surface area contributed by atoms with E-state index in [0.717, 1.165) is 44.7 Å². The molecule has 1 aromatic heterocycles. The first-order chi connectivity index (χ1) is 15.1. The Morgan fingerprint density at radius 2 is 1.90 bits per heavy atom. The molecular formula is C22H31ClN6O2. The number of carbonyl (C=O) groups is 1. The minimum Gasteiger partial charge on any atom is -0.381 e. The topological polar surface area (TPSA) is 85.2 Å². The highest BCUT2D eigenvalue weighted by molar-refractivity contribution is 6.30. The third kappa shape index (κ3) is 5.07. The van der Waals surface area contributed by atoms with Gasteiger partial charge in [0.2, 0.25) is 11.7 Å². The van der Waals surface area contributed by atoms with Crippen molar-refractivity contribution in [3.05, 3.63) is 29.3 Å². The van der Waals surface area contributed by atoms with Crippen LogP contribution in [-0.2, 0) is 9.53 Å². The average molecular weight is 447 g/mol. The Morgan fingerprint density at radius 1 is 1.19 bits per heavy atom. The highest BCUT2D eigenvalue weighted by Crippen LogP contribution is 2.30. The number of nitrogens with one attached hydrogen (secondary N) is 1. The van der Waals surface area contributed by atoms with E-state index in [9.17, 15) is 4.79 Å². The molecule has 4 rings (SSSR count). The van der Waals surface area contributed by atoms with E-state index in [1.807, 2.05) is 19.1 Å². The standard InChI is InChI=1S/C22H31ClN6O2/c1-2-19(29-26-20(25-27-29)17-6-8-18(23)9-7-17)21(30)24-16-22(10-14-31-15-11-22)28-12-4-3-5-13-28/h6-9,19H,2-5,10-16H2,1H3,(H,24,30). The summed E-state index contributed by atoms with van der Waals surface area (Å²) in [7, 11) is 0. The third-order valence-corrected chi connectivity index (χ3v) is 6.79. The van der Waals surface area contributed by atoms with E-state index in [4.69, 9.17) is 16.3 Å². The van der Waals surface area contributed by atoms with Gasteiger partial charge < -0.3 is 10.1 Å². The summed E-state index contributed by atoms with van der Waals surface area (Å²) in [5.41, 5.74) is 0.800. The largest absolute Gasteiger partial charge is 0.381 e. The first-order valence-corrected chi connectivity index (χ1v) is 11.6. The molecule has 2 aliphatic rings. The zero-order chi connectivity index (χ0) is 21.7. The summed E-state index contributed by atoms with van der Waals surface area (Å²) in [6, 6.07) is 6.77. The van der Waals surface area contributed by atoms with Gasteiger partial charge in [0.15, 0.2) is 6.04 Å². The number of piperidine rings is 1. The third-order valence-electron chi connectivity index (χ3n) is 6.54. The molecule has 0 bridgehead atoms. The van der Waals surface area contributed by atoms with Crippen molar-refractivity contribution in [3.8, 4) is 11.4 Å². The zero-order valence-electron chi connectivity index (χ0n) is 18.1. The van der Waals surface area contributed by atoms with Crippen LogP contribution in [0.4, 0.5) is 0 Å². The first-order valence-electron chi connectivity index (χ1n) is 11.3. The molecule has 8 nitrogen and oxygen atoms in total. The Kier molecular flexibility index (Phi) is 7.20. The second-order valence-electron chi connectivity index (χ2n) is 8.47. The van der Waals surface area contributed by atoms with E-state index < -0.39 is 6.04 Å². The van der Waals surface area contributed by atoms with Crippen molar-refractivity contribution in [1.29, 1.82) is 0 Å². The summed E-state index contributed by atoms with van der Waals surface area (Å²) in [5, 5.41) is 16.6. The summed E-state index contributed by atoms with van der Waals surface area (Å²) in [6.45, 7) is 6.29. The summed E-state index contributed by atoms with van der Waals surface area (Å²) in [5.74, 6) is 0.419. The Balaban J connectivity index is 1.44. The molecule has 1 amide bonds. The number of aromatic nitrogens is 4. The lowest BCUT2D eigenvalue weighted by Gasteiger charge is -2.48. The number of carbonyl (C=O) groups excluding carboxylic acids is 1. The van der Waals surface area contributed by atoms with E-state index in [0.29, 0.717) is 23.8 Å². The lowest BCUT2D eigenvalue weighted by Crippen LogP contribution is -2.60. The summed E-state index contributed by atoms with van der Waals surface area (Å²) >= 11 is 5.96. The number of nitrogens with zero attached hydrogens (tertiary/aromatic N) is 5. The van der Waals surface area contributed by atoms with Crippen molar-refractivity contribution in [1.82, 2.24) is 30.4 Å². The van der Waals surface area contributed by atoms with Crippen LogP contribution < -0.4 is 5.32 Å². The van der Waals surface area contributed by atoms with Gasteiger partial charge in [0.25, 0.3) is 0 Å². The molecule has 9 heteroatoms. The van der Waals surface area contributed by atoms with E-state index in [1.165, 1.54) is 24.1 Å². The van der Waals surface area contributed by atoms with Crippen molar-refractivity contribution in [2.45, 2.75) is 57.0 Å². The second kappa shape index (κ2) is 10.1. The normalized spacial score (nSPS) is 20.3. The van der Waals surface area contributed by atoms with Gasteiger partial charge in [-0.2, -0.15) is 4.80 Å². The average Bonchev–Trinajstić information content (AvgIpc) is 3.30. The molecule has 0 radical (unpaired) electrons. The molecule has 1 atom stereocenters. The molecule has 0 spiro atoms. The fraction of sp³-hybridized carbons (Fsp3) is 0.636. The molecule has 2 fully saturated rings. The lowest BCUT2D eigenvalue weighted by molar-refractivity contribution is -0.126. The van der Waals surface area contributed by atoms with Gasteiger partial charge in [-0.05, 0) is 74.7 Å². The van der Waals surface area contributed by atoms with Gasteiger partial charge in [-0.25, -0.2) is 0 Å². The minimum absolute atomic E-state index is 0.0170. The van der Waals surface area contributed by atoms with Crippen molar-refractivity contribution in [2.24, 2.45) is 0 Å². The van der Waals surface area contributed by atoms with Crippen LogP contribution in [0, 0.1) is 0 Å². The maximum atomic E-state index is 13.1. The smallest absolute Gasteiger partial charge is 0.246 e. The summed E-state index contributed by atoms with van der Waals surface area (Å²) in [6.07, 6.45) is 6.23. The molecule has 2 aliphatic heterocycles. The zero-order valence-corrected chi connectivity index (χ0v) is 18.9. The van der Waals surface area contributed by atoms with Gasteiger partial charge in [0.05, 0.1) is 0 Å². The van der Waals surface area contributed by atoms with Crippen molar-refractivity contribution in [2.75, 3.05) is 32.8 Å². The molecular weight excluding hydrogens is 416 g/mol. The second-order valence-corrected chi connectivity index (χ2v) is 8.90. The monoisotopic (exact) mass is 446 g/mol. The number of hydrogen-bond acceptors (Lipinski definition) is 6. The molecule has 2 saturated heterocycles. The number of benzene rings is 1. The molecule has 1 aromatic carbocycles. The van der Waals surface area contributed by atoms with Crippen LogP contribution in [-0.4, -0.2) is 69.4 Å². The van der Waals surface area contributed by atoms with Gasteiger partial charge in [-0.3, -0.25) is 9.69 Å². The maximum Gasteiger partial charge on any atom is 0.246 e. The quantitative estimate of drug-likeness (QED) is 0.703. The van der Waals surface area contributed by atoms with Crippen LogP contribution in [0.15, 0.2) is 24.3 Å². The summed E-state index contributed by atoms with van der Waals surface area (Å²) in [4.78, 5) is 17.1. The SMILES string of the molecule is CCC(C(=O)NCC1(N2CCCCC2)CCOCC1)n1nnc(-c2ccc(Cl)cc2)n1. The Bertz CT molecular complexity index is 859. The molecule has 0 saturated carbocycles. The predicted octanol–water partition coefficient (Wildman–Crippen LogP) is 3.10. The van der Waals surface area contributed by atoms with Gasteiger partial charge in [-0.1, -0.05) is 24.9 Å². The molecule has 3 heterocycles. The number of halogens is 1. The Hall–Kier alpha value is -2.03. The van der Waals surface area contributed by atoms with E-state index in [-0.39, 0.29) is 11.4 Å². The fourth-order valence-electron chi connectivity index (χ4n) is 4.62. The van der Waals surface area contributed by atoms with Crippen molar-refractivity contribution >= 4 is 17.5 Å². The molecule has 1 unspecified atom stereocenters. The first kappa shape index (κ1) is 22.2. The molecule has 0 aliphatic carbocycles. The minimum atomic E-state index is -0.494. The number of tetrazole rings is 1. The van der Waals surface area contributed by atoms with Crippen molar-refractivity contribution < 1.29 is 9.53 Å². The van der Waals surface area contributed by atoms with Crippen molar-refractivity contribution in [3.63, 3.8) is 0 Å². The Morgan fingerprint density at radius 3 is 2.58 bits per heavy atom. The van der Waals surface area contributed by atoms with Crippen LogP contribution in [0.2, 0.25) is 5.02 Å². The number of rotatable bonds is 7. The van der Waals surface area contributed by atoms with Crippen LogP contribution in [0.25, 0.3) is 11.4 Å². The molecule has 1 N–H and O–H groups in total. The maximum absolute atomic E-state index is 13.1. The van der Waals surface area contributed by atoms with Gasteiger partial charge in [0, 0.05) is 35.9 Å². The fourth-order valence-corrected chi connectivity index (χ4v) is 4.75. The van der Waals surface area contributed by atoms with E-state index in [2.05, 4.69) is 25.6 Å². The van der Waals surface area contributed by atoms with Gasteiger partial charge in [0.1, 0.15) is 0 Å². The van der Waals surface area contributed by atoms with Crippen LogP contribution in [0.1, 0.15) is 51.5 Å². The molecule has 31 heavy (non-hydrogen) atoms. The molecule has 168 valence electrons. The van der Waals surface area contributed by atoms with Crippen LogP contribution in [0.5, 0.6) is 0 Å². The van der Waals surface area contributed by atoms with Crippen LogP contribution in [0.3, 0.4) is 0 Å².